The molecule has 0 bridgehead atoms. The first-order chi connectivity index (χ1) is 7.27. The number of nitrogen functional groups attached to an aromatic ring is 1. The van der Waals surface area contributed by atoms with E-state index in [1.165, 1.54) is 0 Å². The van der Waals surface area contributed by atoms with Crippen molar-refractivity contribution in [3.05, 3.63) is 18.3 Å². The maximum atomic E-state index is 11.8. The van der Waals surface area contributed by atoms with Crippen LogP contribution in [0, 0.1) is 5.92 Å². The highest BCUT2D eigenvalue weighted by atomic mass is 16.1. The summed E-state index contributed by atoms with van der Waals surface area (Å²) in [6, 6.07) is 3.48. The van der Waals surface area contributed by atoms with Crippen molar-refractivity contribution in [2.45, 2.75) is 25.7 Å². The molecule has 4 heteroatoms. The van der Waals surface area contributed by atoms with E-state index in [-0.39, 0.29) is 11.8 Å². The van der Waals surface area contributed by atoms with Gasteiger partial charge < -0.3 is 11.1 Å². The van der Waals surface area contributed by atoms with Gasteiger partial charge in [0.05, 0.1) is 5.69 Å². The van der Waals surface area contributed by atoms with Gasteiger partial charge in [0.1, 0.15) is 0 Å². The zero-order valence-corrected chi connectivity index (χ0v) is 8.57. The van der Waals surface area contributed by atoms with Crippen LogP contribution in [0.15, 0.2) is 18.3 Å². The van der Waals surface area contributed by atoms with Gasteiger partial charge in [0, 0.05) is 12.1 Å². The summed E-state index contributed by atoms with van der Waals surface area (Å²) in [4.78, 5) is 15.8. The second-order valence-corrected chi connectivity index (χ2v) is 3.91. The maximum absolute atomic E-state index is 11.8. The molecule has 1 fully saturated rings. The SMILES string of the molecule is Nc1cccnc1NC(=O)C1CCCC1. The second-order valence-electron chi connectivity index (χ2n) is 3.91. The van der Waals surface area contributed by atoms with Crippen LogP contribution in [-0.4, -0.2) is 10.9 Å². The number of anilines is 2. The molecule has 1 aromatic heterocycles. The quantitative estimate of drug-likeness (QED) is 0.773. The molecule has 15 heavy (non-hydrogen) atoms. The Balaban J connectivity index is 2.02. The molecule has 0 atom stereocenters. The molecule has 80 valence electrons. The van der Waals surface area contributed by atoms with Crippen molar-refractivity contribution in [2.75, 3.05) is 11.1 Å². The fraction of sp³-hybridized carbons (Fsp3) is 0.455. The number of amides is 1. The molecule has 3 N–H and O–H groups in total. The topological polar surface area (TPSA) is 68.0 Å². The fourth-order valence-electron chi connectivity index (χ4n) is 1.93. The van der Waals surface area contributed by atoms with Gasteiger partial charge in [-0.2, -0.15) is 0 Å². The first kappa shape index (κ1) is 9.96. The monoisotopic (exact) mass is 205 g/mol. The number of pyridine rings is 1. The number of rotatable bonds is 2. The first-order valence-corrected chi connectivity index (χ1v) is 5.29. The predicted molar refractivity (Wildman–Crippen MR) is 59.2 cm³/mol. The summed E-state index contributed by atoms with van der Waals surface area (Å²) in [6.45, 7) is 0. The predicted octanol–water partition coefficient (Wildman–Crippen LogP) is 1.79. The molecule has 1 amide bonds. The Morgan fingerprint density at radius 3 is 2.87 bits per heavy atom. The Bertz CT molecular complexity index is 359. The minimum Gasteiger partial charge on any atom is -0.396 e. The lowest BCUT2D eigenvalue weighted by Gasteiger charge is -2.10. The minimum absolute atomic E-state index is 0.0536. The van der Waals surface area contributed by atoms with Crippen LogP contribution in [0.5, 0.6) is 0 Å². The number of nitrogens with two attached hydrogens (primary N) is 1. The number of hydrogen-bond acceptors (Lipinski definition) is 3. The first-order valence-electron chi connectivity index (χ1n) is 5.29. The third kappa shape index (κ3) is 2.26. The molecule has 0 radical (unpaired) electrons. The van der Waals surface area contributed by atoms with Crippen molar-refractivity contribution in [2.24, 2.45) is 5.92 Å². The Kier molecular flexibility index (Phi) is 2.85. The molecule has 2 rings (SSSR count). The maximum Gasteiger partial charge on any atom is 0.228 e. The minimum atomic E-state index is 0.0536. The highest BCUT2D eigenvalue weighted by Crippen LogP contribution is 2.26. The van der Waals surface area contributed by atoms with Crippen molar-refractivity contribution >= 4 is 17.4 Å². The number of aromatic nitrogens is 1. The van der Waals surface area contributed by atoms with Gasteiger partial charge in [-0.05, 0) is 25.0 Å². The van der Waals surface area contributed by atoms with E-state index in [9.17, 15) is 4.79 Å². The third-order valence-corrected chi connectivity index (χ3v) is 2.81. The van der Waals surface area contributed by atoms with Crippen LogP contribution in [0.4, 0.5) is 11.5 Å². The summed E-state index contributed by atoms with van der Waals surface area (Å²) in [5, 5.41) is 2.78. The number of carbonyl (C=O) groups is 1. The van der Waals surface area contributed by atoms with Crippen LogP contribution in [0.25, 0.3) is 0 Å². The van der Waals surface area contributed by atoms with Crippen molar-refractivity contribution in [3.63, 3.8) is 0 Å². The summed E-state index contributed by atoms with van der Waals surface area (Å²) in [5.74, 6) is 0.679. The van der Waals surface area contributed by atoms with Gasteiger partial charge in [-0.3, -0.25) is 4.79 Å². The van der Waals surface area contributed by atoms with E-state index in [0.717, 1.165) is 25.7 Å². The molecule has 0 aliphatic heterocycles. The van der Waals surface area contributed by atoms with E-state index >= 15 is 0 Å². The molecular weight excluding hydrogens is 190 g/mol. The lowest BCUT2D eigenvalue weighted by molar-refractivity contribution is -0.119. The molecule has 1 aliphatic rings. The normalized spacial score (nSPS) is 16.5. The van der Waals surface area contributed by atoms with E-state index in [4.69, 9.17) is 5.73 Å². The summed E-state index contributed by atoms with van der Waals surface area (Å²) in [5.41, 5.74) is 6.21. The number of carbonyl (C=O) groups excluding carboxylic acids is 1. The van der Waals surface area contributed by atoms with Crippen LogP contribution >= 0.6 is 0 Å². The van der Waals surface area contributed by atoms with Crippen molar-refractivity contribution < 1.29 is 4.79 Å². The van der Waals surface area contributed by atoms with E-state index in [2.05, 4.69) is 10.3 Å². The van der Waals surface area contributed by atoms with Crippen LogP contribution in [0.2, 0.25) is 0 Å². The lowest BCUT2D eigenvalue weighted by Crippen LogP contribution is -2.21. The van der Waals surface area contributed by atoms with Crippen LogP contribution < -0.4 is 11.1 Å². The summed E-state index contributed by atoms with van der Waals surface area (Å²) < 4.78 is 0. The zero-order valence-electron chi connectivity index (χ0n) is 8.57. The molecular formula is C11H15N3O. The van der Waals surface area contributed by atoms with E-state index < -0.39 is 0 Å². The second kappa shape index (κ2) is 4.29. The highest BCUT2D eigenvalue weighted by Gasteiger charge is 2.23. The Hall–Kier alpha value is -1.58. The van der Waals surface area contributed by atoms with Gasteiger partial charge in [-0.1, -0.05) is 12.8 Å². The van der Waals surface area contributed by atoms with Gasteiger partial charge in [-0.15, -0.1) is 0 Å². The molecule has 0 unspecified atom stereocenters. The van der Waals surface area contributed by atoms with Crippen molar-refractivity contribution in [1.82, 2.24) is 4.98 Å². The summed E-state index contributed by atoms with van der Waals surface area (Å²) in [7, 11) is 0. The van der Waals surface area contributed by atoms with Gasteiger partial charge in [-0.25, -0.2) is 4.98 Å². The van der Waals surface area contributed by atoms with Gasteiger partial charge in [0.25, 0.3) is 0 Å². The highest BCUT2D eigenvalue weighted by molar-refractivity contribution is 5.94. The number of nitrogens with one attached hydrogen (secondary N) is 1. The fourth-order valence-corrected chi connectivity index (χ4v) is 1.93. The molecule has 1 aromatic rings. The molecule has 4 nitrogen and oxygen atoms in total. The Morgan fingerprint density at radius 2 is 2.20 bits per heavy atom. The van der Waals surface area contributed by atoms with Gasteiger partial charge >= 0.3 is 0 Å². The van der Waals surface area contributed by atoms with Crippen LogP contribution in [-0.2, 0) is 4.79 Å². The molecule has 0 saturated heterocycles. The lowest BCUT2D eigenvalue weighted by atomic mass is 10.1. The molecule has 1 aliphatic carbocycles. The third-order valence-electron chi connectivity index (χ3n) is 2.81. The Morgan fingerprint density at radius 1 is 1.47 bits per heavy atom. The largest absolute Gasteiger partial charge is 0.396 e. The average Bonchev–Trinajstić information content (AvgIpc) is 2.74. The van der Waals surface area contributed by atoms with E-state index in [1.54, 1.807) is 18.3 Å². The van der Waals surface area contributed by atoms with Crippen molar-refractivity contribution in [3.8, 4) is 0 Å². The molecule has 1 heterocycles. The van der Waals surface area contributed by atoms with Crippen molar-refractivity contribution in [1.29, 1.82) is 0 Å². The van der Waals surface area contributed by atoms with Gasteiger partial charge in [0.15, 0.2) is 5.82 Å². The average molecular weight is 205 g/mol. The summed E-state index contributed by atoms with van der Waals surface area (Å²) in [6.07, 6.45) is 5.89. The smallest absolute Gasteiger partial charge is 0.228 e. The standard InChI is InChI=1S/C11H15N3O/c12-9-6-3-7-13-10(9)14-11(15)8-4-1-2-5-8/h3,6-8H,1-2,4-5,12H2,(H,13,14,15). The van der Waals surface area contributed by atoms with Crippen LogP contribution in [0.1, 0.15) is 25.7 Å². The van der Waals surface area contributed by atoms with Gasteiger partial charge in [0.2, 0.25) is 5.91 Å². The number of hydrogen-bond donors (Lipinski definition) is 2. The number of nitrogens with zero attached hydrogens (tertiary/aromatic N) is 1. The Labute approximate surface area is 88.9 Å². The van der Waals surface area contributed by atoms with E-state index in [0.29, 0.717) is 11.5 Å². The van der Waals surface area contributed by atoms with Crippen LogP contribution in [0.3, 0.4) is 0 Å². The van der Waals surface area contributed by atoms with E-state index in [1.807, 2.05) is 0 Å². The zero-order chi connectivity index (χ0) is 10.7. The molecule has 0 spiro atoms. The molecule has 1 saturated carbocycles. The molecule has 0 aromatic carbocycles. The summed E-state index contributed by atoms with van der Waals surface area (Å²) >= 11 is 0.